The second-order valence-corrected chi connectivity index (χ2v) is 6.93. The highest BCUT2D eigenvalue weighted by Gasteiger charge is 2.28. The first-order chi connectivity index (χ1) is 12.3. The lowest BCUT2D eigenvalue weighted by Crippen LogP contribution is -2.17. The highest BCUT2D eigenvalue weighted by atomic mass is 16.5. The molecule has 5 nitrogen and oxygen atoms in total. The first-order valence-electron chi connectivity index (χ1n) is 8.86. The number of benzene rings is 1. The molecule has 0 spiro atoms. The van der Waals surface area contributed by atoms with Crippen molar-refractivity contribution in [3.05, 3.63) is 53.0 Å². The summed E-state index contributed by atoms with van der Waals surface area (Å²) in [6.07, 6.45) is 5.37. The van der Waals surface area contributed by atoms with E-state index in [9.17, 15) is 0 Å². The van der Waals surface area contributed by atoms with Crippen molar-refractivity contribution < 1.29 is 4.74 Å². The highest BCUT2D eigenvalue weighted by Crippen LogP contribution is 2.43. The van der Waals surface area contributed by atoms with Crippen molar-refractivity contribution in [2.45, 2.75) is 44.1 Å². The monoisotopic (exact) mass is 330 g/mol. The van der Waals surface area contributed by atoms with E-state index in [2.05, 4.69) is 27.3 Å². The van der Waals surface area contributed by atoms with Crippen molar-refractivity contribution in [1.82, 2.24) is 15.2 Å². The van der Waals surface area contributed by atoms with E-state index in [1.807, 2.05) is 18.2 Å². The number of ether oxygens (including phenoxy) is 1. The van der Waals surface area contributed by atoms with Gasteiger partial charge in [-0.15, -0.1) is 0 Å². The molecule has 5 rings (SSSR count). The molecule has 2 aromatic heterocycles. The second kappa shape index (κ2) is 5.59. The number of aryl methyl sites for hydroxylation is 1. The minimum atomic E-state index is -0.00211. The van der Waals surface area contributed by atoms with Crippen LogP contribution in [0, 0.1) is 11.3 Å². The van der Waals surface area contributed by atoms with Gasteiger partial charge in [0.25, 0.3) is 0 Å². The Balaban J connectivity index is 1.47. The fourth-order valence-electron chi connectivity index (χ4n) is 3.72. The second-order valence-electron chi connectivity index (χ2n) is 6.93. The minimum Gasteiger partial charge on any atom is -0.486 e. The SMILES string of the molecule is N#Cc1ccc2c(n1)CCCC2Oc1ccc2[nH]nc(C3CC3)c2c1. The molecule has 1 atom stereocenters. The van der Waals surface area contributed by atoms with Gasteiger partial charge in [-0.1, -0.05) is 6.07 Å². The lowest BCUT2D eigenvalue weighted by atomic mass is 9.93. The quantitative estimate of drug-likeness (QED) is 0.782. The number of nitrogens with one attached hydrogen (secondary N) is 1. The van der Waals surface area contributed by atoms with Crippen molar-refractivity contribution in [3.63, 3.8) is 0 Å². The summed E-state index contributed by atoms with van der Waals surface area (Å²) in [5.41, 5.74) is 4.83. The molecule has 2 heterocycles. The van der Waals surface area contributed by atoms with Crippen molar-refractivity contribution in [3.8, 4) is 11.8 Å². The molecule has 2 aliphatic carbocycles. The third kappa shape index (κ3) is 2.54. The van der Waals surface area contributed by atoms with Gasteiger partial charge < -0.3 is 4.74 Å². The summed E-state index contributed by atoms with van der Waals surface area (Å²) >= 11 is 0. The first kappa shape index (κ1) is 14.5. The molecule has 0 bridgehead atoms. The van der Waals surface area contributed by atoms with Crippen LogP contribution < -0.4 is 4.74 Å². The standard InChI is InChI=1S/C20H18N4O/c21-11-13-6-8-15-17(22-13)2-1-3-19(15)25-14-7-9-18-16(10-14)20(24-23-18)12-4-5-12/h6-10,12,19H,1-5H2,(H,23,24). The Labute approximate surface area is 145 Å². The van der Waals surface area contributed by atoms with Crippen LogP contribution in [-0.2, 0) is 6.42 Å². The van der Waals surface area contributed by atoms with E-state index in [1.54, 1.807) is 6.07 Å². The van der Waals surface area contributed by atoms with Crippen LogP contribution in [-0.4, -0.2) is 15.2 Å². The number of nitriles is 1. The van der Waals surface area contributed by atoms with Crippen molar-refractivity contribution in [1.29, 1.82) is 5.26 Å². The van der Waals surface area contributed by atoms with Crippen molar-refractivity contribution in [2.24, 2.45) is 0 Å². The van der Waals surface area contributed by atoms with Crippen molar-refractivity contribution in [2.75, 3.05) is 0 Å². The molecule has 1 aromatic carbocycles. The van der Waals surface area contributed by atoms with E-state index < -0.39 is 0 Å². The minimum absolute atomic E-state index is 0.00211. The maximum absolute atomic E-state index is 9.04. The molecule has 1 saturated carbocycles. The smallest absolute Gasteiger partial charge is 0.140 e. The zero-order chi connectivity index (χ0) is 16.8. The molecule has 25 heavy (non-hydrogen) atoms. The zero-order valence-electron chi connectivity index (χ0n) is 13.8. The van der Waals surface area contributed by atoms with Gasteiger partial charge in [-0.05, 0) is 56.4 Å². The molecule has 1 unspecified atom stereocenters. The third-order valence-electron chi connectivity index (χ3n) is 5.16. The Kier molecular flexibility index (Phi) is 3.24. The molecule has 1 fully saturated rings. The average molecular weight is 330 g/mol. The number of aromatic nitrogens is 3. The Bertz CT molecular complexity index is 997. The molecule has 2 aliphatic rings. The van der Waals surface area contributed by atoms with E-state index in [4.69, 9.17) is 10.00 Å². The van der Waals surface area contributed by atoms with Crippen LogP contribution >= 0.6 is 0 Å². The van der Waals surface area contributed by atoms with Gasteiger partial charge in [0.15, 0.2) is 0 Å². The van der Waals surface area contributed by atoms with Gasteiger partial charge in [0, 0.05) is 22.6 Å². The fraction of sp³-hybridized carbons (Fsp3) is 0.350. The highest BCUT2D eigenvalue weighted by molar-refractivity contribution is 5.83. The summed E-state index contributed by atoms with van der Waals surface area (Å²) in [6, 6.07) is 12.1. The number of pyridine rings is 1. The number of hydrogen-bond acceptors (Lipinski definition) is 4. The zero-order valence-corrected chi connectivity index (χ0v) is 13.8. The van der Waals surface area contributed by atoms with E-state index in [1.165, 1.54) is 23.9 Å². The van der Waals surface area contributed by atoms with Gasteiger partial charge in [-0.2, -0.15) is 10.4 Å². The molecule has 1 N–H and O–H groups in total. The summed E-state index contributed by atoms with van der Waals surface area (Å²) in [5.74, 6) is 1.48. The van der Waals surface area contributed by atoms with Crippen LogP contribution in [0.1, 0.15) is 60.4 Å². The third-order valence-corrected chi connectivity index (χ3v) is 5.16. The summed E-state index contributed by atoms with van der Waals surface area (Å²) in [5, 5.41) is 17.8. The van der Waals surface area contributed by atoms with E-state index >= 15 is 0 Å². The summed E-state index contributed by atoms with van der Waals surface area (Å²) in [6.45, 7) is 0. The van der Waals surface area contributed by atoms with Crippen LogP contribution in [0.3, 0.4) is 0 Å². The molecule has 0 saturated heterocycles. The predicted octanol–water partition coefficient (Wildman–Crippen LogP) is 4.16. The maximum atomic E-state index is 9.04. The van der Waals surface area contributed by atoms with Crippen molar-refractivity contribution >= 4 is 10.9 Å². The average Bonchev–Trinajstić information content (AvgIpc) is 3.41. The number of nitrogens with zero attached hydrogens (tertiary/aromatic N) is 3. The van der Waals surface area contributed by atoms with Gasteiger partial charge in [0.05, 0.1) is 11.2 Å². The normalized spacial score (nSPS) is 19.4. The Morgan fingerprint density at radius 2 is 2.08 bits per heavy atom. The molecule has 3 aromatic rings. The Hall–Kier alpha value is -2.87. The Morgan fingerprint density at radius 3 is 2.92 bits per heavy atom. The lowest BCUT2D eigenvalue weighted by Gasteiger charge is -2.25. The summed E-state index contributed by atoms with van der Waals surface area (Å²) in [7, 11) is 0. The van der Waals surface area contributed by atoms with Gasteiger partial charge in [0.1, 0.15) is 23.6 Å². The largest absolute Gasteiger partial charge is 0.486 e. The van der Waals surface area contributed by atoms with Crippen LogP contribution in [0.15, 0.2) is 30.3 Å². The molecule has 5 heteroatoms. The van der Waals surface area contributed by atoms with Gasteiger partial charge in [-0.25, -0.2) is 4.98 Å². The van der Waals surface area contributed by atoms with E-state index in [0.717, 1.165) is 41.8 Å². The predicted molar refractivity (Wildman–Crippen MR) is 93.3 cm³/mol. The first-order valence-corrected chi connectivity index (χ1v) is 8.86. The van der Waals surface area contributed by atoms with Gasteiger partial charge in [0.2, 0.25) is 0 Å². The number of hydrogen-bond donors (Lipinski definition) is 1. The van der Waals surface area contributed by atoms with Crippen LogP contribution in [0.25, 0.3) is 10.9 Å². The topological polar surface area (TPSA) is 74.6 Å². The summed E-state index contributed by atoms with van der Waals surface area (Å²) < 4.78 is 6.32. The van der Waals surface area contributed by atoms with Crippen LogP contribution in [0.5, 0.6) is 5.75 Å². The molecular formula is C20H18N4O. The molecule has 124 valence electrons. The molecule has 0 amide bonds. The van der Waals surface area contributed by atoms with Gasteiger partial charge in [-0.3, -0.25) is 5.10 Å². The Morgan fingerprint density at radius 1 is 1.16 bits per heavy atom. The molecule has 0 aliphatic heterocycles. The van der Waals surface area contributed by atoms with Crippen LogP contribution in [0.4, 0.5) is 0 Å². The van der Waals surface area contributed by atoms with Crippen LogP contribution in [0.2, 0.25) is 0 Å². The maximum Gasteiger partial charge on any atom is 0.140 e. The lowest BCUT2D eigenvalue weighted by molar-refractivity contribution is 0.182. The van der Waals surface area contributed by atoms with E-state index in [-0.39, 0.29) is 6.10 Å². The fourth-order valence-corrected chi connectivity index (χ4v) is 3.72. The number of rotatable bonds is 3. The van der Waals surface area contributed by atoms with Gasteiger partial charge >= 0.3 is 0 Å². The number of aromatic amines is 1. The van der Waals surface area contributed by atoms with E-state index in [0.29, 0.717) is 11.6 Å². The molecule has 0 radical (unpaired) electrons. The summed E-state index contributed by atoms with van der Waals surface area (Å²) in [4.78, 5) is 4.45. The molecular weight excluding hydrogens is 312 g/mol. The number of fused-ring (bicyclic) bond motifs is 2. The number of H-pyrrole nitrogens is 1.